The predicted octanol–water partition coefficient (Wildman–Crippen LogP) is 3.13. The molecule has 1 aliphatic rings. The lowest BCUT2D eigenvalue weighted by molar-refractivity contribution is 0.378. The molecule has 1 aliphatic carbocycles. The molecule has 0 saturated heterocycles. The predicted molar refractivity (Wildman–Crippen MR) is 76.1 cm³/mol. The van der Waals surface area contributed by atoms with E-state index in [1.165, 1.54) is 19.3 Å². The maximum Gasteiger partial charge on any atom is 0.134 e. The summed E-state index contributed by atoms with van der Waals surface area (Å²) in [5.41, 5.74) is 1.56. The zero-order chi connectivity index (χ0) is 13.3. The molecule has 0 radical (unpaired) electrons. The number of nitrogens with one attached hydrogen (secondary N) is 2. The van der Waals surface area contributed by atoms with Gasteiger partial charge in [0.1, 0.15) is 17.5 Å². The van der Waals surface area contributed by atoms with Gasteiger partial charge in [-0.05, 0) is 38.5 Å². The number of nitrogens with zero attached hydrogens (tertiary/aromatic N) is 2. The van der Waals surface area contributed by atoms with Crippen molar-refractivity contribution in [2.45, 2.75) is 53.0 Å². The van der Waals surface area contributed by atoms with Gasteiger partial charge in [0.15, 0.2) is 0 Å². The van der Waals surface area contributed by atoms with Crippen LogP contribution in [0.15, 0.2) is 0 Å². The van der Waals surface area contributed by atoms with Gasteiger partial charge in [0, 0.05) is 18.7 Å². The number of anilines is 2. The standard InChI is InChI=1S/C14H24N4/c1-9-12(15-5)16-10(2)17-13(9)18-11-6-7-14(3,4)8-11/h11H,6-8H2,1-5H3,(H2,15,16,17,18). The lowest BCUT2D eigenvalue weighted by atomic mass is 9.92. The Hall–Kier alpha value is -1.32. The Labute approximate surface area is 110 Å². The van der Waals surface area contributed by atoms with Crippen molar-refractivity contribution in [2.24, 2.45) is 5.41 Å². The normalized spacial score (nSPS) is 21.9. The van der Waals surface area contributed by atoms with Crippen LogP contribution in [0.3, 0.4) is 0 Å². The second-order valence-corrected chi connectivity index (χ2v) is 6.09. The first-order valence-electron chi connectivity index (χ1n) is 6.71. The molecule has 1 atom stereocenters. The molecule has 1 aromatic heterocycles. The molecule has 4 heteroatoms. The van der Waals surface area contributed by atoms with Crippen LogP contribution in [-0.4, -0.2) is 23.1 Å². The first kappa shape index (κ1) is 13.1. The zero-order valence-corrected chi connectivity index (χ0v) is 12.1. The highest BCUT2D eigenvalue weighted by Gasteiger charge is 2.31. The molecular formula is C14H24N4. The van der Waals surface area contributed by atoms with E-state index in [9.17, 15) is 0 Å². The lowest BCUT2D eigenvalue weighted by Crippen LogP contribution is -2.20. The van der Waals surface area contributed by atoms with Crippen LogP contribution >= 0.6 is 0 Å². The third-order valence-electron chi connectivity index (χ3n) is 3.80. The average Bonchev–Trinajstić information content (AvgIpc) is 2.62. The Morgan fingerprint density at radius 1 is 1.17 bits per heavy atom. The number of aromatic nitrogens is 2. The summed E-state index contributed by atoms with van der Waals surface area (Å²) in [7, 11) is 1.90. The summed E-state index contributed by atoms with van der Waals surface area (Å²) in [5, 5.41) is 6.72. The van der Waals surface area contributed by atoms with Gasteiger partial charge >= 0.3 is 0 Å². The van der Waals surface area contributed by atoms with Gasteiger partial charge in [0.2, 0.25) is 0 Å². The minimum Gasteiger partial charge on any atom is -0.373 e. The van der Waals surface area contributed by atoms with Crippen LogP contribution < -0.4 is 10.6 Å². The lowest BCUT2D eigenvalue weighted by Gasteiger charge is -2.20. The summed E-state index contributed by atoms with van der Waals surface area (Å²) in [5.74, 6) is 2.71. The third-order valence-corrected chi connectivity index (χ3v) is 3.80. The molecule has 1 fully saturated rings. The van der Waals surface area contributed by atoms with Crippen LogP contribution in [-0.2, 0) is 0 Å². The number of hydrogen-bond acceptors (Lipinski definition) is 4. The summed E-state index contributed by atoms with van der Waals surface area (Å²) >= 11 is 0. The molecule has 0 aliphatic heterocycles. The van der Waals surface area contributed by atoms with E-state index < -0.39 is 0 Å². The van der Waals surface area contributed by atoms with Gasteiger partial charge in [-0.3, -0.25) is 0 Å². The highest BCUT2D eigenvalue weighted by atomic mass is 15.1. The van der Waals surface area contributed by atoms with Gasteiger partial charge in [0.05, 0.1) is 0 Å². The fourth-order valence-corrected chi connectivity index (χ4v) is 2.77. The molecule has 0 aromatic carbocycles. The Bertz CT molecular complexity index is 440. The van der Waals surface area contributed by atoms with E-state index in [1.54, 1.807) is 0 Å². The summed E-state index contributed by atoms with van der Waals surface area (Å²) < 4.78 is 0. The molecule has 0 spiro atoms. The minimum absolute atomic E-state index is 0.458. The van der Waals surface area contributed by atoms with Gasteiger partial charge < -0.3 is 10.6 Å². The Morgan fingerprint density at radius 3 is 2.39 bits per heavy atom. The topological polar surface area (TPSA) is 49.8 Å². The monoisotopic (exact) mass is 248 g/mol. The molecule has 2 rings (SSSR count). The number of hydrogen-bond donors (Lipinski definition) is 2. The molecule has 0 bridgehead atoms. The van der Waals surface area contributed by atoms with E-state index in [2.05, 4.69) is 41.4 Å². The van der Waals surface area contributed by atoms with E-state index in [-0.39, 0.29) is 0 Å². The second kappa shape index (κ2) is 4.75. The van der Waals surface area contributed by atoms with E-state index in [1.807, 2.05) is 14.0 Å². The Morgan fingerprint density at radius 2 is 1.83 bits per heavy atom. The van der Waals surface area contributed by atoms with E-state index in [0.29, 0.717) is 11.5 Å². The number of rotatable bonds is 3. The molecule has 1 aromatic rings. The fraction of sp³-hybridized carbons (Fsp3) is 0.714. The molecule has 4 nitrogen and oxygen atoms in total. The molecule has 1 unspecified atom stereocenters. The molecule has 2 N–H and O–H groups in total. The first-order chi connectivity index (χ1) is 8.41. The zero-order valence-electron chi connectivity index (χ0n) is 12.1. The van der Waals surface area contributed by atoms with Crippen LogP contribution in [0.2, 0.25) is 0 Å². The van der Waals surface area contributed by atoms with Gasteiger partial charge in [-0.1, -0.05) is 13.8 Å². The van der Waals surface area contributed by atoms with Crippen molar-refractivity contribution in [3.8, 4) is 0 Å². The molecule has 1 saturated carbocycles. The van der Waals surface area contributed by atoms with Crippen LogP contribution in [0.4, 0.5) is 11.6 Å². The summed E-state index contributed by atoms with van der Waals surface area (Å²) in [4.78, 5) is 8.92. The van der Waals surface area contributed by atoms with Crippen LogP contribution in [0.1, 0.15) is 44.5 Å². The van der Waals surface area contributed by atoms with Crippen LogP contribution in [0, 0.1) is 19.3 Å². The van der Waals surface area contributed by atoms with E-state index >= 15 is 0 Å². The maximum atomic E-state index is 4.53. The Kier molecular flexibility index (Phi) is 3.46. The smallest absolute Gasteiger partial charge is 0.134 e. The molecule has 100 valence electrons. The summed E-state index contributed by atoms with van der Waals surface area (Å²) in [6.07, 6.45) is 3.72. The van der Waals surface area contributed by atoms with Crippen LogP contribution in [0.5, 0.6) is 0 Å². The fourth-order valence-electron chi connectivity index (χ4n) is 2.77. The average molecular weight is 248 g/mol. The highest BCUT2D eigenvalue weighted by Crippen LogP contribution is 2.38. The Balaban J connectivity index is 2.17. The molecule has 18 heavy (non-hydrogen) atoms. The van der Waals surface area contributed by atoms with E-state index in [0.717, 1.165) is 23.0 Å². The first-order valence-corrected chi connectivity index (χ1v) is 6.71. The van der Waals surface area contributed by atoms with Gasteiger partial charge in [-0.25, -0.2) is 9.97 Å². The van der Waals surface area contributed by atoms with Crippen molar-refractivity contribution in [1.82, 2.24) is 9.97 Å². The van der Waals surface area contributed by atoms with Crippen molar-refractivity contribution in [3.63, 3.8) is 0 Å². The summed E-state index contributed by atoms with van der Waals surface area (Å²) in [6, 6.07) is 0.540. The highest BCUT2D eigenvalue weighted by molar-refractivity contribution is 5.57. The summed E-state index contributed by atoms with van der Waals surface area (Å²) in [6.45, 7) is 8.68. The van der Waals surface area contributed by atoms with Crippen molar-refractivity contribution < 1.29 is 0 Å². The van der Waals surface area contributed by atoms with Crippen LogP contribution in [0.25, 0.3) is 0 Å². The molecule has 1 heterocycles. The third kappa shape index (κ3) is 2.74. The second-order valence-electron chi connectivity index (χ2n) is 6.09. The van der Waals surface area contributed by atoms with E-state index in [4.69, 9.17) is 0 Å². The largest absolute Gasteiger partial charge is 0.373 e. The van der Waals surface area contributed by atoms with Crippen molar-refractivity contribution in [2.75, 3.05) is 17.7 Å². The maximum absolute atomic E-state index is 4.53. The van der Waals surface area contributed by atoms with Gasteiger partial charge in [0.25, 0.3) is 0 Å². The quantitative estimate of drug-likeness (QED) is 0.863. The van der Waals surface area contributed by atoms with Crippen molar-refractivity contribution in [3.05, 3.63) is 11.4 Å². The molecule has 0 amide bonds. The number of aryl methyl sites for hydroxylation is 1. The van der Waals surface area contributed by atoms with Crippen molar-refractivity contribution >= 4 is 11.6 Å². The molecular weight excluding hydrogens is 224 g/mol. The SMILES string of the molecule is CNc1nc(C)nc(NC2CCC(C)(C)C2)c1C. The van der Waals surface area contributed by atoms with Crippen molar-refractivity contribution in [1.29, 1.82) is 0 Å². The van der Waals surface area contributed by atoms with Gasteiger partial charge in [-0.2, -0.15) is 0 Å². The minimum atomic E-state index is 0.458. The van der Waals surface area contributed by atoms with Gasteiger partial charge in [-0.15, -0.1) is 0 Å².